The SMILES string of the molecule is CC(C)C(C)(O)CNC(=O)CN1CCOc2ccc(Cl)cc21. The molecule has 1 unspecified atom stereocenters. The van der Waals surface area contributed by atoms with Crippen LogP contribution in [-0.4, -0.2) is 42.9 Å². The van der Waals surface area contributed by atoms with Gasteiger partial charge in [0.15, 0.2) is 0 Å². The van der Waals surface area contributed by atoms with E-state index >= 15 is 0 Å². The zero-order valence-electron chi connectivity index (χ0n) is 13.2. The van der Waals surface area contributed by atoms with Gasteiger partial charge in [0.1, 0.15) is 12.4 Å². The Hall–Kier alpha value is -1.46. The summed E-state index contributed by atoms with van der Waals surface area (Å²) >= 11 is 6.02. The highest BCUT2D eigenvalue weighted by Gasteiger charge is 2.26. The molecule has 22 heavy (non-hydrogen) atoms. The molecule has 1 aromatic rings. The number of carbonyl (C=O) groups is 1. The average molecular weight is 327 g/mol. The van der Waals surface area contributed by atoms with E-state index in [2.05, 4.69) is 5.32 Å². The van der Waals surface area contributed by atoms with E-state index in [4.69, 9.17) is 16.3 Å². The number of halogens is 1. The summed E-state index contributed by atoms with van der Waals surface area (Å²) in [5, 5.41) is 13.6. The molecule has 2 rings (SSSR count). The smallest absolute Gasteiger partial charge is 0.239 e. The molecular formula is C16H23ClN2O3. The lowest BCUT2D eigenvalue weighted by Crippen LogP contribution is -2.48. The molecule has 1 aliphatic heterocycles. The van der Waals surface area contributed by atoms with Crippen LogP contribution < -0.4 is 15.0 Å². The predicted molar refractivity (Wildman–Crippen MR) is 87.6 cm³/mol. The Morgan fingerprint density at radius 2 is 2.27 bits per heavy atom. The van der Waals surface area contributed by atoms with Crippen molar-refractivity contribution in [2.45, 2.75) is 26.4 Å². The maximum atomic E-state index is 12.1. The Balaban J connectivity index is 1.98. The van der Waals surface area contributed by atoms with Crippen molar-refractivity contribution in [3.63, 3.8) is 0 Å². The average Bonchev–Trinajstić information content (AvgIpc) is 2.46. The summed E-state index contributed by atoms with van der Waals surface area (Å²) in [6.45, 7) is 7.18. The van der Waals surface area contributed by atoms with Gasteiger partial charge >= 0.3 is 0 Å². The Labute approximate surface area is 136 Å². The molecule has 2 N–H and O–H groups in total. The maximum Gasteiger partial charge on any atom is 0.239 e. The van der Waals surface area contributed by atoms with E-state index in [1.807, 2.05) is 24.8 Å². The summed E-state index contributed by atoms with van der Waals surface area (Å²) in [5.74, 6) is 0.669. The van der Waals surface area contributed by atoms with Crippen LogP contribution in [0.3, 0.4) is 0 Å². The fraction of sp³-hybridized carbons (Fsp3) is 0.562. The van der Waals surface area contributed by atoms with Gasteiger partial charge < -0.3 is 20.1 Å². The standard InChI is InChI=1S/C16H23ClN2O3/c1-11(2)16(3,21)10-18-15(20)9-19-6-7-22-14-5-4-12(17)8-13(14)19/h4-5,8,11,21H,6-7,9-10H2,1-3H3,(H,18,20). The molecule has 1 amide bonds. The first-order valence-electron chi connectivity index (χ1n) is 7.46. The number of fused-ring (bicyclic) bond motifs is 1. The molecule has 1 aromatic carbocycles. The van der Waals surface area contributed by atoms with E-state index in [0.717, 1.165) is 11.4 Å². The maximum absolute atomic E-state index is 12.1. The zero-order chi connectivity index (χ0) is 16.3. The van der Waals surface area contributed by atoms with Gasteiger partial charge in [-0.05, 0) is 31.0 Å². The fourth-order valence-corrected chi connectivity index (χ4v) is 2.29. The minimum Gasteiger partial charge on any atom is -0.490 e. The zero-order valence-corrected chi connectivity index (χ0v) is 14.0. The van der Waals surface area contributed by atoms with Crippen molar-refractivity contribution in [3.05, 3.63) is 23.2 Å². The number of amides is 1. The first-order valence-corrected chi connectivity index (χ1v) is 7.84. The van der Waals surface area contributed by atoms with Crippen molar-refractivity contribution in [2.24, 2.45) is 5.92 Å². The first-order chi connectivity index (χ1) is 10.3. The van der Waals surface area contributed by atoms with E-state index in [-0.39, 0.29) is 24.9 Å². The van der Waals surface area contributed by atoms with Crippen molar-refractivity contribution < 1.29 is 14.6 Å². The Morgan fingerprint density at radius 1 is 1.55 bits per heavy atom. The fourth-order valence-electron chi connectivity index (χ4n) is 2.12. The number of hydrogen-bond donors (Lipinski definition) is 2. The van der Waals surface area contributed by atoms with Gasteiger partial charge in [0, 0.05) is 11.6 Å². The quantitative estimate of drug-likeness (QED) is 0.869. The summed E-state index contributed by atoms with van der Waals surface area (Å²) in [5.41, 5.74) is -0.0912. The minimum absolute atomic E-state index is 0.0655. The molecule has 0 spiro atoms. The van der Waals surface area contributed by atoms with Crippen LogP contribution in [0.4, 0.5) is 5.69 Å². The van der Waals surface area contributed by atoms with Crippen LogP contribution in [0.5, 0.6) is 5.75 Å². The van der Waals surface area contributed by atoms with Gasteiger partial charge in [-0.25, -0.2) is 0 Å². The first kappa shape index (κ1) is 16.9. The number of nitrogens with one attached hydrogen (secondary N) is 1. The molecule has 0 fully saturated rings. The van der Waals surface area contributed by atoms with Crippen molar-refractivity contribution >= 4 is 23.2 Å². The summed E-state index contributed by atoms with van der Waals surface area (Å²) in [6.07, 6.45) is 0. The number of rotatable bonds is 5. The van der Waals surface area contributed by atoms with Crippen molar-refractivity contribution in [2.75, 3.05) is 31.1 Å². The number of nitrogens with zero attached hydrogens (tertiary/aromatic N) is 1. The topological polar surface area (TPSA) is 61.8 Å². The molecule has 0 saturated heterocycles. The molecule has 0 aromatic heterocycles. The van der Waals surface area contributed by atoms with Crippen LogP contribution in [0.25, 0.3) is 0 Å². The van der Waals surface area contributed by atoms with Crippen LogP contribution in [0.1, 0.15) is 20.8 Å². The van der Waals surface area contributed by atoms with Crippen LogP contribution in [0.2, 0.25) is 5.02 Å². The summed E-state index contributed by atoms with van der Waals surface area (Å²) in [7, 11) is 0. The van der Waals surface area contributed by atoms with Crippen LogP contribution in [0, 0.1) is 5.92 Å². The van der Waals surface area contributed by atoms with Gasteiger partial charge in [-0.3, -0.25) is 4.79 Å². The van der Waals surface area contributed by atoms with Gasteiger partial charge in [-0.15, -0.1) is 0 Å². The second-order valence-corrected chi connectivity index (χ2v) is 6.61. The van der Waals surface area contributed by atoms with E-state index < -0.39 is 5.60 Å². The number of ether oxygens (including phenoxy) is 1. The third-order valence-corrected chi connectivity index (χ3v) is 4.34. The molecule has 1 heterocycles. The Kier molecular flexibility index (Phi) is 5.19. The van der Waals surface area contributed by atoms with Crippen molar-refractivity contribution in [1.29, 1.82) is 0 Å². The molecule has 1 atom stereocenters. The molecule has 0 saturated carbocycles. The molecule has 1 aliphatic rings. The second-order valence-electron chi connectivity index (χ2n) is 6.17. The lowest BCUT2D eigenvalue weighted by molar-refractivity contribution is -0.121. The third-order valence-electron chi connectivity index (χ3n) is 4.10. The number of benzene rings is 1. The van der Waals surface area contributed by atoms with Crippen LogP contribution in [0.15, 0.2) is 18.2 Å². The monoisotopic (exact) mass is 326 g/mol. The molecule has 5 nitrogen and oxygen atoms in total. The van der Waals surface area contributed by atoms with Crippen molar-refractivity contribution in [3.8, 4) is 5.75 Å². The summed E-state index contributed by atoms with van der Waals surface area (Å²) < 4.78 is 5.56. The second kappa shape index (κ2) is 6.75. The van der Waals surface area contributed by atoms with Crippen LogP contribution >= 0.6 is 11.6 Å². The number of carbonyl (C=O) groups excluding carboxylic acids is 1. The number of aliphatic hydroxyl groups is 1. The van der Waals surface area contributed by atoms with Gasteiger partial charge in [0.2, 0.25) is 5.91 Å². The van der Waals surface area contributed by atoms with E-state index in [9.17, 15) is 9.90 Å². The Bertz CT molecular complexity index is 546. The number of hydrogen-bond acceptors (Lipinski definition) is 4. The van der Waals surface area contributed by atoms with Crippen LogP contribution in [-0.2, 0) is 4.79 Å². The highest BCUT2D eigenvalue weighted by molar-refractivity contribution is 6.31. The number of anilines is 1. The Morgan fingerprint density at radius 3 is 2.95 bits per heavy atom. The molecule has 0 aliphatic carbocycles. The highest BCUT2D eigenvalue weighted by Crippen LogP contribution is 2.33. The van der Waals surface area contributed by atoms with Gasteiger partial charge in [0.25, 0.3) is 0 Å². The summed E-state index contributed by atoms with van der Waals surface area (Å²) in [6, 6.07) is 5.38. The lowest BCUT2D eigenvalue weighted by atomic mass is 9.92. The van der Waals surface area contributed by atoms with Gasteiger partial charge in [-0.1, -0.05) is 25.4 Å². The van der Waals surface area contributed by atoms with Gasteiger partial charge in [0.05, 0.1) is 24.4 Å². The van der Waals surface area contributed by atoms with Gasteiger partial charge in [-0.2, -0.15) is 0 Å². The largest absolute Gasteiger partial charge is 0.490 e. The third kappa shape index (κ3) is 4.05. The minimum atomic E-state index is -0.915. The van der Waals surface area contributed by atoms with E-state index in [1.54, 1.807) is 19.1 Å². The van der Waals surface area contributed by atoms with E-state index in [1.165, 1.54) is 0 Å². The lowest BCUT2D eigenvalue weighted by Gasteiger charge is -2.32. The molecule has 6 heteroatoms. The van der Waals surface area contributed by atoms with Crippen molar-refractivity contribution in [1.82, 2.24) is 5.32 Å². The predicted octanol–water partition coefficient (Wildman–Crippen LogP) is 2.06. The highest BCUT2D eigenvalue weighted by atomic mass is 35.5. The molecular weight excluding hydrogens is 304 g/mol. The molecule has 0 bridgehead atoms. The van der Waals surface area contributed by atoms with E-state index in [0.29, 0.717) is 18.2 Å². The molecule has 122 valence electrons. The summed E-state index contributed by atoms with van der Waals surface area (Å²) in [4.78, 5) is 14.1. The normalized spacial score (nSPS) is 16.7. The molecule has 0 radical (unpaired) electrons.